The first-order valence-corrected chi connectivity index (χ1v) is 5.32. The molecule has 1 aliphatic heterocycles. The van der Waals surface area contributed by atoms with Crippen LogP contribution in [0.15, 0.2) is 0 Å². The fraction of sp³-hybridized carbons (Fsp3) is 0.800. The number of piperidine rings is 1. The number of nitrogens with zero attached hydrogens (tertiary/aromatic N) is 1. The monoisotopic (exact) mass is 230 g/mol. The first kappa shape index (κ1) is 12.9. The normalized spacial score (nSPS) is 22.9. The van der Waals surface area contributed by atoms with Gasteiger partial charge in [0.05, 0.1) is 12.5 Å². The molecule has 1 fully saturated rings. The molecule has 0 spiro atoms. The second kappa shape index (κ2) is 5.81. The Bertz CT molecular complexity index is 270. The average molecular weight is 230 g/mol. The molecule has 0 aromatic rings. The van der Waals surface area contributed by atoms with Crippen molar-refractivity contribution >= 4 is 11.9 Å². The molecular weight excluding hydrogens is 212 g/mol. The van der Waals surface area contributed by atoms with E-state index >= 15 is 0 Å². The van der Waals surface area contributed by atoms with Crippen LogP contribution in [0.2, 0.25) is 0 Å². The summed E-state index contributed by atoms with van der Waals surface area (Å²) in [5.41, 5.74) is 5.62. The van der Waals surface area contributed by atoms with Gasteiger partial charge in [-0.3, -0.25) is 9.59 Å². The van der Waals surface area contributed by atoms with Gasteiger partial charge in [-0.15, -0.1) is 0 Å². The van der Waals surface area contributed by atoms with Crippen LogP contribution in [-0.2, 0) is 14.3 Å². The van der Waals surface area contributed by atoms with Crippen molar-refractivity contribution in [2.75, 3.05) is 26.8 Å². The molecule has 1 rings (SSSR count). The maximum absolute atomic E-state index is 11.8. The summed E-state index contributed by atoms with van der Waals surface area (Å²) in [6.45, 7) is 0.999. The maximum Gasteiger partial charge on any atom is 0.308 e. The molecule has 0 bridgehead atoms. The number of rotatable bonds is 4. The van der Waals surface area contributed by atoms with E-state index in [9.17, 15) is 9.59 Å². The summed E-state index contributed by atoms with van der Waals surface area (Å²) in [4.78, 5) is 24.1. The highest BCUT2D eigenvalue weighted by Gasteiger charge is 2.30. The highest BCUT2D eigenvalue weighted by atomic mass is 16.5. The molecule has 0 saturated carbocycles. The van der Waals surface area contributed by atoms with Crippen molar-refractivity contribution in [3.05, 3.63) is 0 Å². The van der Waals surface area contributed by atoms with Crippen LogP contribution in [0.1, 0.15) is 12.8 Å². The summed E-state index contributed by atoms with van der Waals surface area (Å²) < 4.78 is 4.80. The van der Waals surface area contributed by atoms with Crippen LogP contribution in [-0.4, -0.2) is 54.7 Å². The van der Waals surface area contributed by atoms with E-state index in [2.05, 4.69) is 0 Å². The summed E-state index contributed by atoms with van der Waals surface area (Å²) in [6.07, 6.45) is 1.33. The molecule has 6 nitrogen and oxygen atoms in total. The van der Waals surface area contributed by atoms with Crippen LogP contribution in [0.25, 0.3) is 0 Å². The number of carbonyl (C=O) groups excluding carboxylic acids is 1. The molecule has 92 valence electrons. The van der Waals surface area contributed by atoms with Gasteiger partial charge in [-0.2, -0.15) is 0 Å². The second-order valence-corrected chi connectivity index (χ2v) is 4.02. The fourth-order valence-electron chi connectivity index (χ4n) is 1.86. The third kappa shape index (κ3) is 3.18. The van der Waals surface area contributed by atoms with Gasteiger partial charge in [0.1, 0.15) is 6.04 Å². The Kier molecular flexibility index (Phi) is 4.70. The standard InChI is InChI=1S/C10H18N2O4/c1-16-6-8(11)9(13)12-4-2-3-7(5-12)10(14)15/h7-8H,2-6,11H2,1H3,(H,14,15)/t7-,8?/m0/s1. The Balaban J connectivity index is 2.53. The van der Waals surface area contributed by atoms with E-state index in [1.165, 1.54) is 12.0 Å². The van der Waals surface area contributed by atoms with Crippen LogP contribution in [0.4, 0.5) is 0 Å². The minimum atomic E-state index is -0.849. The quantitative estimate of drug-likeness (QED) is 0.665. The molecule has 1 heterocycles. The molecule has 6 heteroatoms. The molecule has 0 aliphatic carbocycles. The Labute approximate surface area is 94.3 Å². The Morgan fingerprint density at radius 2 is 2.31 bits per heavy atom. The van der Waals surface area contributed by atoms with Crippen molar-refractivity contribution in [2.24, 2.45) is 11.7 Å². The summed E-state index contributed by atoms with van der Waals surface area (Å²) in [5.74, 6) is -1.54. The van der Waals surface area contributed by atoms with Crippen LogP contribution in [0.3, 0.4) is 0 Å². The Morgan fingerprint density at radius 1 is 1.62 bits per heavy atom. The summed E-state index contributed by atoms with van der Waals surface area (Å²) in [5, 5.41) is 8.89. The average Bonchev–Trinajstić information content (AvgIpc) is 2.28. The van der Waals surface area contributed by atoms with Gasteiger partial charge in [-0.05, 0) is 12.8 Å². The molecule has 0 aromatic carbocycles. The van der Waals surface area contributed by atoms with Gasteiger partial charge in [-0.1, -0.05) is 0 Å². The highest BCUT2D eigenvalue weighted by Crippen LogP contribution is 2.17. The van der Waals surface area contributed by atoms with E-state index in [1.807, 2.05) is 0 Å². The van der Waals surface area contributed by atoms with Crippen LogP contribution in [0.5, 0.6) is 0 Å². The molecule has 0 aromatic heterocycles. The van der Waals surface area contributed by atoms with Gasteiger partial charge in [-0.25, -0.2) is 0 Å². The van der Waals surface area contributed by atoms with E-state index in [-0.39, 0.29) is 19.1 Å². The molecule has 1 unspecified atom stereocenters. The molecular formula is C10H18N2O4. The molecule has 1 amide bonds. The summed E-state index contributed by atoms with van der Waals surface area (Å²) in [7, 11) is 1.48. The highest BCUT2D eigenvalue weighted by molar-refractivity contribution is 5.82. The number of methoxy groups -OCH3 is 1. The van der Waals surface area contributed by atoms with Gasteiger partial charge < -0.3 is 20.5 Å². The van der Waals surface area contributed by atoms with E-state index in [0.29, 0.717) is 19.4 Å². The number of carboxylic acids is 1. The zero-order valence-electron chi connectivity index (χ0n) is 9.39. The number of carboxylic acid groups (broad SMARTS) is 1. The van der Waals surface area contributed by atoms with Gasteiger partial charge in [0.2, 0.25) is 5.91 Å². The molecule has 1 aliphatic rings. The van der Waals surface area contributed by atoms with Crippen LogP contribution >= 0.6 is 0 Å². The summed E-state index contributed by atoms with van der Waals surface area (Å²) in [6, 6.07) is -0.697. The molecule has 16 heavy (non-hydrogen) atoms. The van der Waals surface area contributed by atoms with Crippen molar-refractivity contribution in [2.45, 2.75) is 18.9 Å². The SMILES string of the molecule is COCC(N)C(=O)N1CCC[C@H](C(=O)O)C1. The lowest BCUT2D eigenvalue weighted by atomic mass is 9.98. The molecule has 0 radical (unpaired) electrons. The lowest BCUT2D eigenvalue weighted by Crippen LogP contribution is -2.50. The van der Waals surface area contributed by atoms with Crippen molar-refractivity contribution in [1.29, 1.82) is 0 Å². The smallest absolute Gasteiger partial charge is 0.308 e. The number of aliphatic carboxylic acids is 1. The predicted molar refractivity (Wildman–Crippen MR) is 56.8 cm³/mol. The zero-order chi connectivity index (χ0) is 12.1. The number of likely N-dealkylation sites (tertiary alicyclic amines) is 1. The maximum atomic E-state index is 11.8. The lowest BCUT2D eigenvalue weighted by Gasteiger charge is -2.32. The van der Waals surface area contributed by atoms with Gasteiger partial charge in [0.25, 0.3) is 0 Å². The summed E-state index contributed by atoms with van der Waals surface area (Å²) >= 11 is 0. The Hall–Kier alpha value is -1.14. The van der Waals surface area contributed by atoms with Crippen LogP contribution < -0.4 is 5.73 Å². The lowest BCUT2D eigenvalue weighted by molar-refractivity contribution is -0.146. The number of hydrogen-bond donors (Lipinski definition) is 2. The third-order valence-electron chi connectivity index (χ3n) is 2.75. The van der Waals surface area contributed by atoms with E-state index in [1.54, 1.807) is 0 Å². The predicted octanol–water partition coefficient (Wildman–Crippen LogP) is -0.717. The third-order valence-corrected chi connectivity index (χ3v) is 2.75. The number of nitrogens with two attached hydrogens (primary N) is 1. The van der Waals surface area contributed by atoms with Crippen molar-refractivity contribution in [1.82, 2.24) is 4.90 Å². The first-order chi connectivity index (χ1) is 7.56. The number of ether oxygens (including phenoxy) is 1. The zero-order valence-corrected chi connectivity index (χ0v) is 9.39. The fourth-order valence-corrected chi connectivity index (χ4v) is 1.86. The topological polar surface area (TPSA) is 92.9 Å². The van der Waals surface area contributed by atoms with E-state index in [0.717, 1.165) is 0 Å². The largest absolute Gasteiger partial charge is 0.481 e. The van der Waals surface area contributed by atoms with Gasteiger partial charge in [0.15, 0.2) is 0 Å². The minimum absolute atomic E-state index is 0.160. The van der Waals surface area contributed by atoms with Gasteiger partial charge in [0, 0.05) is 20.2 Å². The minimum Gasteiger partial charge on any atom is -0.481 e. The van der Waals surface area contributed by atoms with Crippen LogP contribution in [0, 0.1) is 5.92 Å². The first-order valence-electron chi connectivity index (χ1n) is 5.32. The van der Waals surface area contributed by atoms with E-state index < -0.39 is 17.9 Å². The number of amides is 1. The van der Waals surface area contributed by atoms with Crippen molar-refractivity contribution < 1.29 is 19.4 Å². The Morgan fingerprint density at radius 3 is 2.88 bits per heavy atom. The number of hydrogen-bond acceptors (Lipinski definition) is 4. The van der Waals surface area contributed by atoms with Crippen molar-refractivity contribution in [3.63, 3.8) is 0 Å². The molecule has 1 saturated heterocycles. The van der Waals surface area contributed by atoms with Gasteiger partial charge >= 0.3 is 5.97 Å². The second-order valence-electron chi connectivity index (χ2n) is 4.02. The molecule has 2 atom stereocenters. The number of carbonyl (C=O) groups is 2. The molecule has 3 N–H and O–H groups in total. The van der Waals surface area contributed by atoms with E-state index in [4.69, 9.17) is 15.6 Å². The van der Waals surface area contributed by atoms with Crippen molar-refractivity contribution in [3.8, 4) is 0 Å².